The van der Waals surface area contributed by atoms with Gasteiger partial charge in [-0.2, -0.15) is 0 Å². The number of amides is 1. The number of ketones is 1. The smallest absolute Gasteiger partial charge is 0.301 e. The van der Waals surface area contributed by atoms with E-state index in [0.717, 1.165) is 16.9 Å². The third-order valence-corrected chi connectivity index (χ3v) is 8.19. The highest BCUT2D eigenvalue weighted by molar-refractivity contribution is 7.22. The Morgan fingerprint density at radius 1 is 0.955 bits per heavy atom. The van der Waals surface area contributed by atoms with Crippen LogP contribution in [0.4, 0.5) is 9.52 Å². The van der Waals surface area contributed by atoms with Crippen molar-refractivity contribution in [3.63, 3.8) is 0 Å². The van der Waals surface area contributed by atoms with Crippen molar-refractivity contribution in [1.29, 1.82) is 0 Å². The van der Waals surface area contributed by atoms with Crippen LogP contribution in [0, 0.1) is 5.82 Å². The molecule has 2 heterocycles. The molecule has 0 aliphatic carbocycles. The molecular formula is C34H27FN2O6S. The first-order valence-corrected chi connectivity index (χ1v) is 14.6. The number of rotatable bonds is 9. The molecule has 6 rings (SSSR count). The van der Waals surface area contributed by atoms with Crippen molar-refractivity contribution in [2.45, 2.75) is 19.6 Å². The molecule has 1 unspecified atom stereocenters. The lowest BCUT2D eigenvalue weighted by atomic mass is 9.95. The number of hydrogen-bond acceptors (Lipinski definition) is 8. The first kappa shape index (κ1) is 28.9. The third-order valence-electron chi connectivity index (χ3n) is 7.17. The van der Waals surface area contributed by atoms with Crippen molar-refractivity contribution in [2.24, 2.45) is 0 Å². The summed E-state index contributed by atoms with van der Waals surface area (Å²) in [7, 11) is 1.49. The predicted molar refractivity (Wildman–Crippen MR) is 166 cm³/mol. The second kappa shape index (κ2) is 12.2. The molecule has 1 saturated heterocycles. The number of halogens is 1. The van der Waals surface area contributed by atoms with Crippen molar-refractivity contribution < 1.29 is 33.3 Å². The fourth-order valence-electron chi connectivity index (χ4n) is 5.07. The summed E-state index contributed by atoms with van der Waals surface area (Å²) in [4.78, 5) is 33.1. The minimum atomic E-state index is -1.07. The van der Waals surface area contributed by atoms with Gasteiger partial charge in [-0.15, -0.1) is 0 Å². The van der Waals surface area contributed by atoms with E-state index in [4.69, 9.17) is 14.2 Å². The van der Waals surface area contributed by atoms with E-state index in [-0.39, 0.29) is 16.5 Å². The number of methoxy groups -OCH3 is 1. The zero-order chi connectivity index (χ0) is 30.8. The Balaban J connectivity index is 1.46. The van der Waals surface area contributed by atoms with Crippen LogP contribution in [0.15, 0.2) is 96.6 Å². The van der Waals surface area contributed by atoms with Gasteiger partial charge in [-0.1, -0.05) is 47.7 Å². The van der Waals surface area contributed by atoms with Crippen LogP contribution < -0.4 is 19.1 Å². The van der Waals surface area contributed by atoms with Crippen molar-refractivity contribution in [3.05, 3.63) is 119 Å². The molecule has 8 nitrogen and oxygen atoms in total. The number of aliphatic hydroxyl groups is 1. The van der Waals surface area contributed by atoms with Crippen molar-refractivity contribution in [3.8, 4) is 17.2 Å². The first-order chi connectivity index (χ1) is 21.4. The van der Waals surface area contributed by atoms with Gasteiger partial charge in [0, 0.05) is 5.56 Å². The second-order valence-electron chi connectivity index (χ2n) is 9.92. The maximum Gasteiger partial charge on any atom is 0.301 e. The largest absolute Gasteiger partial charge is 0.507 e. The number of benzene rings is 4. The number of nitrogens with zero attached hydrogens (tertiary/aromatic N) is 2. The molecule has 1 atom stereocenters. The molecule has 1 fully saturated rings. The lowest BCUT2D eigenvalue weighted by Crippen LogP contribution is -2.29. The Hall–Kier alpha value is -5.22. The van der Waals surface area contributed by atoms with E-state index >= 15 is 0 Å². The van der Waals surface area contributed by atoms with Crippen LogP contribution in [0.25, 0.3) is 16.0 Å². The number of fused-ring (bicyclic) bond motifs is 1. The van der Waals surface area contributed by atoms with Crippen molar-refractivity contribution in [2.75, 3.05) is 18.6 Å². The zero-order valence-corrected chi connectivity index (χ0v) is 24.6. The molecule has 1 aliphatic heterocycles. The van der Waals surface area contributed by atoms with Crippen LogP contribution in [0.3, 0.4) is 0 Å². The van der Waals surface area contributed by atoms with Gasteiger partial charge in [-0.05, 0) is 72.6 Å². The van der Waals surface area contributed by atoms with Gasteiger partial charge in [0.1, 0.15) is 23.9 Å². The van der Waals surface area contributed by atoms with Crippen LogP contribution in [0.1, 0.15) is 29.7 Å². The highest BCUT2D eigenvalue weighted by Crippen LogP contribution is 2.46. The Morgan fingerprint density at radius 2 is 1.73 bits per heavy atom. The molecule has 0 spiro atoms. The Morgan fingerprint density at radius 3 is 2.45 bits per heavy atom. The van der Waals surface area contributed by atoms with E-state index < -0.39 is 23.5 Å². The van der Waals surface area contributed by atoms with Gasteiger partial charge in [-0.3, -0.25) is 14.5 Å². The summed E-state index contributed by atoms with van der Waals surface area (Å²) in [6, 6.07) is 24.4. The highest BCUT2D eigenvalue weighted by Gasteiger charge is 2.48. The highest BCUT2D eigenvalue weighted by atomic mass is 32.1. The quantitative estimate of drug-likeness (QED) is 0.109. The lowest BCUT2D eigenvalue weighted by Gasteiger charge is -2.24. The summed E-state index contributed by atoms with van der Waals surface area (Å²) >= 11 is 1.07. The van der Waals surface area contributed by atoms with Gasteiger partial charge < -0.3 is 19.3 Å². The molecule has 10 heteroatoms. The molecule has 222 valence electrons. The summed E-state index contributed by atoms with van der Waals surface area (Å²) in [5.41, 5.74) is 2.13. The van der Waals surface area contributed by atoms with Crippen LogP contribution in [0.2, 0.25) is 0 Å². The van der Waals surface area contributed by atoms with Crippen LogP contribution in [-0.2, 0) is 16.2 Å². The molecule has 0 bridgehead atoms. The summed E-state index contributed by atoms with van der Waals surface area (Å²) in [6.07, 6.45) is 0. The SMILES string of the molecule is CCOc1ccc(/C(O)=C2\C(=O)C(=O)N(c3nc4ccc(F)cc4s3)C2c2ccc(OCc3ccccc3)c(OC)c2)cc1. The summed E-state index contributed by atoms with van der Waals surface area (Å²) in [6.45, 7) is 2.63. The van der Waals surface area contributed by atoms with E-state index in [1.165, 1.54) is 30.2 Å². The maximum absolute atomic E-state index is 14.0. The van der Waals surface area contributed by atoms with Gasteiger partial charge in [0.15, 0.2) is 16.6 Å². The van der Waals surface area contributed by atoms with E-state index in [2.05, 4.69) is 4.98 Å². The Kier molecular flexibility index (Phi) is 7.99. The van der Waals surface area contributed by atoms with E-state index in [1.807, 2.05) is 37.3 Å². The topological polar surface area (TPSA) is 98.2 Å². The Labute approximate surface area is 256 Å². The fraction of sp³-hybridized carbons (Fsp3) is 0.147. The number of Topliss-reactive ketones (excluding diaryl/α,β-unsaturated/α-hetero) is 1. The maximum atomic E-state index is 14.0. The standard InChI is InChI=1S/C34H27FN2O6S/c1-3-42-24-13-9-21(10-14-24)31(38)29-30(22-11-16-26(27(17-22)41-2)43-19-20-7-5-4-6-8-20)37(33(40)32(29)39)34-36-25-15-12-23(35)18-28(25)44-34/h4-18,30,38H,3,19H2,1-2H3/b31-29+. The summed E-state index contributed by atoms with van der Waals surface area (Å²) in [5.74, 6) is -1.12. The molecule has 44 heavy (non-hydrogen) atoms. The monoisotopic (exact) mass is 610 g/mol. The fourth-order valence-corrected chi connectivity index (χ4v) is 6.09. The molecule has 0 saturated carbocycles. The summed E-state index contributed by atoms with van der Waals surface area (Å²) < 4.78 is 31.7. The van der Waals surface area contributed by atoms with E-state index in [1.54, 1.807) is 42.5 Å². The van der Waals surface area contributed by atoms with Gasteiger partial charge in [0.2, 0.25) is 0 Å². The number of aromatic nitrogens is 1. The number of carbonyl (C=O) groups excluding carboxylic acids is 2. The number of thiazole rings is 1. The average molecular weight is 611 g/mol. The molecule has 1 aliphatic rings. The molecular weight excluding hydrogens is 583 g/mol. The van der Waals surface area contributed by atoms with Gasteiger partial charge >= 0.3 is 5.91 Å². The van der Waals surface area contributed by atoms with Crippen LogP contribution in [0.5, 0.6) is 17.2 Å². The average Bonchev–Trinajstić information content (AvgIpc) is 3.57. The normalized spacial score (nSPS) is 16.0. The number of carbonyl (C=O) groups is 2. The molecule has 0 radical (unpaired) electrons. The molecule has 1 N–H and O–H groups in total. The van der Waals surface area contributed by atoms with Crippen molar-refractivity contribution in [1.82, 2.24) is 4.98 Å². The minimum Gasteiger partial charge on any atom is -0.507 e. The van der Waals surface area contributed by atoms with Gasteiger partial charge in [-0.25, -0.2) is 9.37 Å². The van der Waals surface area contributed by atoms with E-state index in [9.17, 15) is 19.1 Å². The third kappa shape index (κ3) is 5.47. The molecule has 1 amide bonds. The number of ether oxygens (including phenoxy) is 3. The molecule has 4 aromatic carbocycles. The minimum absolute atomic E-state index is 0.121. The van der Waals surface area contributed by atoms with Crippen LogP contribution in [-0.4, -0.2) is 35.5 Å². The summed E-state index contributed by atoms with van der Waals surface area (Å²) in [5, 5.41) is 11.7. The first-order valence-electron chi connectivity index (χ1n) is 13.8. The number of hydrogen-bond donors (Lipinski definition) is 1. The zero-order valence-electron chi connectivity index (χ0n) is 23.8. The van der Waals surface area contributed by atoms with Crippen LogP contribution >= 0.6 is 11.3 Å². The molecule has 5 aromatic rings. The number of aliphatic hydroxyl groups excluding tert-OH is 1. The van der Waals surface area contributed by atoms with Gasteiger partial charge in [0.05, 0.1) is 35.5 Å². The van der Waals surface area contributed by atoms with E-state index in [0.29, 0.717) is 51.8 Å². The predicted octanol–water partition coefficient (Wildman–Crippen LogP) is 7.05. The second-order valence-corrected chi connectivity index (χ2v) is 10.9. The number of anilines is 1. The Bertz CT molecular complexity index is 1890. The molecule has 1 aromatic heterocycles. The lowest BCUT2D eigenvalue weighted by molar-refractivity contribution is -0.132. The van der Waals surface area contributed by atoms with Crippen molar-refractivity contribution >= 4 is 44.1 Å². The van der Waals surface area contributed by atoms with Gasteiger partial charge in [0.25, 0.3) is 5.78 Å².